The van der Waals surface area contributed by atoms with Crippen molar-refractivity contribution in [2.24, 2.45) is 0 Å². The van der Waals surface area contributed by atoms with Crippen LogP contribution in [0.2, 0.25) is 0 Å². The van der Waals surface area contributed by atoms with Crippen LogP contribution in [-0.4, -0.2) is 11.0 Å². The predicted molar refractivity (Wildman–Crippen MR) is 141 cm³/mol. The van der Waals surface area contributed by atoms with Crippen LogP contribution in [-0.2, 0) is 25.8 Å². The van der Waals surface area contributed by atoms with E-state index in [0.29, 0.717) is 0 Å². The maximum atomic E-state index is 2.26. The largest absolute Gasteiger partial charge is 4.00 e. The molecule has 30 heavy (non-hydrogen) atoms. The van der Waals surface area contributed by atoms with Crippen molar-refractivity contribution >= 4 is 57.3 Å². The van der Waals surface area contributed by atoms with E-state index in [-0.39, 0.29) is 76.5 Å². The molecule has 0 aliphatic carbocycles. The molecule has 0 spiro atoms. The van der Waals surface area contributed by atoms with Crippen LogP contribution in [0.25, 0.3) is 21.5 Å². The Balaban J connectivity index is -0.000000188. The average Bonchev–Trinajstić information content (AvgIpc) is 3.12. The van der Waals surface area contributed by atoms with Crippen LogP contribution < -0.4 is 0 Å². The quantitative estimate of drug-likeness (QED) is 0.137. The fourth-order valence-corrected chi connectivity index (χ4v) is 3.47. The van der Waals surface area contributed by atoms with Crippen LogP contribution in [0.5, 0.6) is 0 Å². The Bertz CT molecular complexity index is 867. The van der Waals surface area contributed by atoms with Gasteiger partial charge in [0.25, 0.3) is 0 Å². The molecule has 0 aromatic heterocycles. The third-order valence-electron chi connectivity index (χ3n) is 4.93. The summed E-state index contributed by atoms with van der Waals surface area (Å²) >= 11 is 0. The Morgan fingerprint density at radius 3 is 1.07 bits per heavy atom. The van der Waals surface area contributed by atoms with Gasteiger partial charge in [0.05, 0.1) is 0 Å². The molecule has 0 saturated heterocycles. The van der Waals surface area contributed by atoms with Gasteiger partial charge in [-0.25, -0.2) is 0 Å². The van der Waals surface area contributed by atoms with Crippen molar-refractivity contribution in [3.05, 3.63) is 96.8 Å². The van der Waals surface area contributed by atoms with Gasteiger partial charge in [0.15, 0.2) is 0 Å². The molecule has 0 aliphatic heterocycles. The summed E-state index contributed by atoms with van der Waals surface area (Å²) in [5, 5.41) is 5.64. The molecule has 4 aromatic carbocycles. The van der Waals surface area contributed by atoms with Crippen LogP contribution in [0.4, 0.5) is 0 Å². The summed E-state index contributed by atoms with van der Waals surface area (Å²) < 4.78 is 0. The molecule has 4 aromatic rings. The van der Waals surface area contributed by atoms with E-state index >= 15 is 0 Å². The summed E-state index contributed by atoms with van der Waals surface area (Å²) in [6, 6.07) is 17.8. The van der Waals surface area contributed by atoms with Crippen LogP contribution in [0.3, 0.4) is 0 Å². The van der Waals surface area contributed by atoms with Crippen molar-refractivity contribution in [1.29, 1.82) is 0 Å². The molecule has 0 heterocycles. The molecule has 0 aliphatic rings. The van der Waals surface area contributed by atoms with E-state index in [9.17, 15) is 0 Å². The average molecular weight is 624 g/mol. The monoisotopic (exact) mass is 624 g/mol. The smallest absolute Gasteiger partial charge is 0.358 e. The molecule has 4 heteroatoms. The van der Waals surface area contributed by atoms with Gasteiger partial charge < -0.3 is 14.9 Å². The predicted octanol–water partition coefficient (Wildman–Crippen LogP) is 8.33. The first kappa shape index (κ1) is 36.7. The summed E-state index contributed by atoms with van der Waals surface area (Å²) in [6.45, 7) is 13.0. The SMILES string of the molecule is Cc1cc2c(C)ccc(C)c2[cH-]1.Cc1cc2c(C)ccc(C)c2[cH-]1.Cl.Cl.[CH3-].[CH3-].[Hf+4].[Si]. The molecule has 0 amide bonds. The van der Waals surface area contributed by atoms with Gasteiger partial charge in [0.1, 0.15) is 0 Å². The van der Waals surface area contributed by atoms with Gasteiger partial charge in [-0.3, -0.25) is 0 Å². The first-order valence-electron chi connectivity index (χ1n) is 8.63. The number of hydrogen-bond acceptors (Lipinski definition) is 0. The van der Waals surface area contributed by atoms with Crippen molar-refractivity contribution < 1.29 is 25.8 Å². The minimum absolute atomic E-state index is 0. The van der Waals surface area contributed by atoms with Gasteiger partial charge in [-0.15, -0.1) is 92.9 Å². The Morgan fingerprint density at radius 2 is 0.800 bits per heavy atom. The fourth-order valence-electron chi connectivity index (χ4n) is 3.47. The number of aryl methyl sites for hydroxylation is 6. The summed E-state index contributed by atoms with van der Waals surface area (Å²) in [5.74, 6) is 0. The van der Waals surface area contributed by atoms with E-state index in [4.69, 9.17) is 0 Å². The third-order valence-corrected chi connectivity index (χ3v) is 4.93. The van der Waals surface area contributed by atoms with Crippen LogP contribution in [0, 0.1) is 56.4 Å². The van der Waals surface area contributed by atoms with E-state index in [1.54, 1.807) is 0 Å². The maximum absolute atomic E-state index is 2.26. The summed E-state index contributed by atoms with van der Waals surface area (Å²) in [6.07, 6.45) is 0. The third kappa shape index (κ3) is 7.78. The number of rotatable bonds is 0. The van der Waals surface area contributed by atoms with Crippen LogP contribution in [0.15, 0.2) is 48.5 Å². The van der Waals surface area contributed by atoms with Crippen molar-refractivity contribution in [3.8, 4) is 0 Å². The van der Waals surface area contributed by atoms with Crippen molar-refractivity contribution in [3.63, 3.8) is 0 Å². The van der Waals surface area contributed by atoms with Crippen molar-refractivity contribution in [2.45, 2.75) is 41.5 Å². The molecule has 0 nitrogen and oxygen atoms in total. The van der Waals surface area contributed by atoms with Gasteiger partial charge in [-0.1, -0.05) is 51.0 Å². The molecule has 0 saturated carbocycles. The van der Waals surface area contributed by atoms with Crippen LogP contribution in [0.1, 0.15) is 33.4 Å². The molecule has 4 radical (unpaired) electrons. The molecule has 0 fully saturated rings. The zero-order valence-electron chi connectivity index (χ0n) is 19.4. The summed E-state index contributed by atoms with van der Waals surface area (Å²) in [7, 11) is 0. The molecule has 0 bridgehead atoms. The molecule has 0 atom stereocenters. The van der Waals surface area contributed by atoms with E-state index in [1.807, 2.05) is 0 Å². The minimum Gasteiger partial charge on any atom is -0.358 e. The molecule has 0 N–H and O–H groups in total. The zero-order chi connectivity index (χ0) is 17.4. The second kappa shape index (κ2) is 15.2. The number of benzene rings is 2. The molecular weight excluding hydrogens is 590 g/mol. The molecular formula is C26H34Cl2HfSi. The topological polar surface area (TPSA) is 0 Å². The Labute approximate surface area is 220 Å². The number of halogens is 2. The Morgan fingerprint density at radius 1 is 0.533 bits per heavy atom. The van der Waals surface area contributed by atoms with E-state index < -0.39 is 0 Å². The summed E-state index contributed by atoms with van der Waals surface area (Å²) in [5.41, 5.74) is 8.24. The van der Waals surface area contributed by atoms with E-state index in [1.165, 1.54) is 54.9 Å². The maximum Gasteiger partial charge on any atom is 4.00 e. The van der Waals surface area contributed by atoms with Gasteiger partial charge >= 0.3 is 25.8 Å². The van der Waals surface area contributed by atoms with Crippen molar-refractivity contribution in [2.75, 3.05) is 0 Å². The van der Waals surface area contributed by atoms with Crippen LogP contribution >= 0.6 is 24.8 Å². The second-order valence-electron chi connectivity index (χ2n) is 7.12. The van der Waals surface area contributed by atoms with E-state index in [2.05, 4.69) is 90.1 Å². The van der Waals surface area contributed by atoms with Gasteiger partial charge in [-0.2, -0.15) is 12.1 Å². The Kier molecular flexibility index (Phi) is 18.6. The van der Waals surface area contributed by atoms with Crippen molar-refractivity contribution in [1.82, 2.24) is 0 Å². The number of fused-ring (bicyclic) bond motifs is 2. The molecule has 4 rings (SSSR count). The fraction of sp³-hybridized carbons (Fsp3) is 0.231. The second-order valence-corrected chi connectivity index (χ2v) is 7.12. The normalized spacial score (nSPS) is 8.73. The molecule has 160 valence electrons. The minimum atomic E-state index is 0. The first-order valence-corrected chi connectivity index (χ1v) is 8.63. The standard InChI is InChI=1S/2C12H13.2CH3.2ClH.Hf.Si/c2*1-8-6-11-9(2)4-5-10(3)12(11)7-8;;;;;;/h2*4-7H,1-3H3;2*1H3;2*1H;;/q4*-1;;;+4;. The van der Waals surface area contributed by atoms with E-state index in [0.717, 1.165) is 0 Å². The molecule has 0 unspecified atom stereocenters. The number of hydrogen-bond donors (Lipinski definition) is 0. The summed E-state index contributed by atoms with van der Waals surface area (Å²) in [4.78, 5) is 0. The van der Waals surface area contributed by atoms with Gasteiger partial charge in [0.2, 0.25) is 0 Å². The Hall–Kier alpha value is -0.673. The first-order chi connectivity index (χ1) is 11.4. The van der Waals surface area contributed by atoms with Gasteiger partial charge in [0, 0.05) is 11.0 Å². The zero-order valence-corrected chi connectivity index (χ0v) is 25.7. The van der Waals surface area contributed by atoms with Gasteiger partial charge in [-0.05, 0) is 13.8 Å².